The third-order valence-corrected chi connectivity index (χ3v) is 8.72. The average Bonchev–Trinajstić information content (AvgIpc) is 2.29. The predicted molar refractivity (Wildman–Crippen MR) is 86.1 cm³/mol. The third-order valence-electron chi connectivity index (χ3n) is 4.54. The van der Waals surface area contributed by atoms with Gasteiger partial charge in [0.1, 0.15) is 0 Å². The summed E-state index contributed by atoms with van der Waals surface area (Å²) in [7, 11) is 3.59. The van der Waals surface area contributed by atoms with E-state index in [1.54, 1.807) is 16.5 Å². The van der Waals surface area contributed by atoms with Gasteiger partial charge in [-0.3, -0.25) is 0 Å². The van der Waals surface area contributed by atoms with Crippen LogP contribution in [0.15, 0.2) is 0 Å². The Kier molecular flexibility index (Phi) is 8.23. The smallest absolute Gasteiger partial charge is 0.0125 e. The van der Waals surface area contributed by atoms with Gasteiger partial charge in [0.05, 0.1) is 0 Å². The molecule has 2 radical (unpaired) electrons. The Morgan fingerprint density at radius 1 is 0.389 bits per heavy atom. The van der Waals surface area contributed by atoms with Gasteiger partial charge in [0.2, 0.25) is 0 Å². The maximum absolute atomic E-state index is 1.79. The molecule has 0 nitrogen and oxygen atoms in total. The van der Waals surface area contributed by atoms with E-state index in [1.807, 2.05) is 0 Å². The van der Waals surface area contributed by atoms with Crippen LogP contribution in [0, 0.1) is 0 Å². The Hall–Kier alpha value is 0.860. The van der Waals surface area contributed by atoms with E-state index in [1.165, 1.54) is 89.9 Å². The lowest BCUT2D eigenvalue weighted by atomic mass is 10.0. The van der Waals surface area contributed by atoms with Gasteiger partial charge in [0, 0.05) is 0 Å². The SMILES string of the molecule is C1CCCC([P][P]C2CCCCCCC2)CCC1. The third kappa shape index (κ3) is 6.34. The lowest BCUT2D eigenvalue weighted by molar-refractivity contribution is 0.509. The summed E-state index contributed by atoms with van der Waals surface area (Å²) in [4.78, 5) is 0. The molecule has 0 bridgehead atoms. The summed E-state index contributed by atoms with van der Waals surface area (Å²) < 4.78 is 0. The van der Waals surface area contributed by atoms with Crippen LogP contribution >= 0.6 is 16.5 Å². The molecule has 2 fully saturated rings. The molecule has 0 aromatic carbocycles. The van der Waals surface area contributed by atoms with Crippen molar-refractivity contribution in [3.8, 4) is 0 Å². The first kappa shape index (κ1) is 15.3. The molecule has 0 unspecified atom stereocenters. The summed E-state index contributed by atoms with van der Waals surface area (Å²) in [6.45, 7) is 0. The van der Waals surface area contributed by atoms with Crippen molar-refractivity contribution in [3.63, 3.8) is 0 Å². The van der Waals surface area contributed by atoms with Crippen LogP contribution in [0.4, 0.5) is 0 Å². The van der Waals surface area contributed by atoms with Crippen molar-refractivity contribution in [1.29, 1.82) is 0 Å². The van der Waals surface area contributed by atoms with Gasteiger partial charge < -0.3 is 0 Å². The van der Waals surface area contributed by atoms with E-state index in [4.69, 9.17) is 0 Å². The monoisotopic (exact) mass is 284 g/mol. The Morgan fingerprint density at radius 3 is 1.00 bits per heavy atom. The molecule has 2 rings (SSSR count). The molecule has 18 heavy (non-hydrogen) atoms. The summed E-state index contributed by atoms with van der Waals surface area (Å²) in [5.41, 5.74) is 2.11. The summed E-state index contributed by atoms with van der Waals surface area (Å²) in [6.07, 6.45) is 21.2. The minimum absolute atomic E-state index is 1.05. The van der Waals surface area contributed by atoms with Gasteiger partial charge in [-0.2, -0.15) is 0 Å². The molecule has 0 saturated heterocycles. The van der Waals surface area contributed by atoms with Crippen LogP contribution in [0.5, 0.6) is 0 Å². The van der Waals surface area contributed by atoms with Gasteiger partial charge in [-0.1, -0.05) is 64.2 Å². The minimum atomic E-state index is 1.05. The second-order valence-corrected chi connectivity index (χ2v) is 9.54. The molecule has 0 aromatic heterocycles. The highest BCUT2D eigenvalue weighted by Gasteiger charge is 2.17. The molecule has 0 amide bonds. The van der Waals surface area contributed by atoms with Gasteiger partial charge in [0.25, 0.3) is 0 Å². The Bertz CT molecular complexity index is 167. The molecule has 2 saturated carbocycles. The quantitative estimate of drug-likeness (QED) is 0.488. The molecule has 0 aromatic rings. The molecule has 0 N–H and O–H groups in total. The van der Waals surface area contributed by atoms with Crippen molar-refractivity contribution in [1.82, 2.24) is 0 Å². The Balaban J connectivity index is 1.64. The van der Waals surface area contributed by atoms with Crippen molar-refractivity contribution in [2.75, 3.05) is 0 Å². The standard InChI is InChI=1S/C16H30P2/c1-3-7-11-15(12-8-4-1)17-18-16-13-9-5-2-6-10-14-16/h15-16H,1-14H2. The fraction of sp³-hybridized carbons (Fsp3) is 1.00. The summed E-state index contributed by atoms with van der Waals surface area (Å²) >= 11 is 0. The lowest BCUT2D eigenvalue weighted by Gasteiger charge is -2.23. The fourth-order valence-electron chi connectivity index (χ4n) is 3.29. The molecule has 2 aliphatic carbocycles. The molecular weight excluding hydrogens is 254 g/mol. The van der Waals surface area contributed by atoms with Crippen LogP contribution in [0.2, 0.25) is 0 Å². The van der Waals surface area contributed by atoms with Crippen LogP contribution in [0.3, 0.4) is 0 Å². The van der Waals surface area contributed by atoms with Crippen molar-refractivity contribution >= 4 is 16.5 Å². The van der Waals surface area contributed by atoms with Crippen LogP contribution < -0.4 is 0 Å². The van der Waals surface area contributed by atoms with Crippen molar-refractivity contribution < 1.29 is 0 Å². The van der Waals surface area contributed by atoms with E-state index >= 15 is 0 Å². The number of hydrogen-bond acceptors (Lipinski definition) is 0. The van der Waals surface area contributed by atoms with Gasteiger partial charge in [0.15, 0.2) is 0 Å². The van der Waals surface area contributed by atoms with Crippen LogP contribution in [-0.2, 0) is 0 Å². The maximum atomic E-state index is 1.79. The van der Waals surface area contributed by atoms with Crippen LogP contribution in [-0.4, -0.2) is 11.3 Å². The molecular formula is C16H30P2. The molecule has 2 aliphatic rings. The molecule has 0 aliphatic heterocycles. The summed E-state index contributed by atoms with van der Waals surface area (Å²) in [6, 6.07) is 0. The topological polar surface area (TPSA) is 0 Å². The van der Waals surface area contributed by atoms with Gasteiger partial charge in [-0.05, 0) is 53.5 Å². The Labute approximate surface area is 118 Å². The highest BCUT2D eigenvalue weighted by atomic mass is 32.0. The molecule has 0 atom stereocenters. The minimum Gasteiger partial charge on any atom is -0.0533 e. The van der Waals surface area contributed by atoms with E-state index in [-0.39, 0.29) is 0 Å². The Morgan fingerprint density at radius 2 is 0.667 bits per heavy atom. The number of hydrogen-bond donors (Lipinski definition) is 0. The summed E-state index contributed by atoms with van der Waals surface area (Å²) in [5.74, 6) is 0. The van der Waals surface area contributed by atoms with Crippen molar-refractivity contribution in [2.45, 2.75) is 101 Å². The van der Waals surface area contributed by atoms with E-state index in [0.717, 1.165) is 11.3 Å². The molecule has 2 heteroatoms. The first-order valence-electron chi connectivity index (χ1n) is 8.35. The van der Waals surface area contributed by atoms with Crippen LogP contribution in [0.25, 0.3) is 0 Å². The van der Waals surface area contributed by atoms with Crippen LogP contribution in [0.1, 0.15) is 89.9 Å². The van der Waals surface area contributed by atoms with E-state index < -0.39 is 0 Å². The zero-order valence-corrected chi connectivity index (χ0v) is 13.7. The van der Waals surface area contributed by atoms with E-state index in [0.29, 0.717) is 0 Å². The number of rotatable bonds is 3. The lowest BCUT2D eigenvalue weighted by Crippen LogP contribution is -2.06. The molecule has 0 heterocycles. The maximum Gasteiger partial charge on any atom is -0.0125 e. The highest BCUT2D eigenvalue weighted by Crippen LogP contribution is 2.51. The average molecular weight is 284 g/mol. The largest absolute Gasteiger partial charge is 0.0533 e. The van der Waals surface area contributed by atoms with Crippen molar-refractivity contribution in [3.05, 3.63) is 0 Å². The first-order chi connectivity index (χ1) is 8.95. The highest BCUT2D eigenvalue weighted by molar-refractivity contribution is 8.12. The van der Waals surface area contributed by atoms with Gasteiger partial charge in [-0.15, -0.1) is 0 Å². The van der Waals surface area contributed by atoms with E-state index in [9.17, 15) is 0 Å². The second kappa shape index (κ2) is 9.72. The van der Waals surface area contributed by atoms with E-state index in [2.05, 4.69) is 0 Å². The predicted octanol–water partition coefficient (Wildman–Crippen LogP) is 7.02. The molecule has 104 valence electrons. The zero-order chi connectivity index (χ0) is 12.5. The normalized spacial score (nSPS) is 27.3. The fourth-order valence-corrected chi connectivity index (χ4v) is 7.37. The zero-order valence-electron chi connectivity index (χ0n) is 11.9. The first-order valence-corrected chi connectivity index (χ1v) is 11.0. The molecule has 0 spiro atoms. The van der Waals surface area contributed by atoms with Gasteiger partial charge in [-0.25, -0.2) is 0 Å². The van der Waals surface area contributed by atoms with Crippen molar-refractivity contribution in [2.24, 2.45) is 0 Å². The van der Waals surface area contributed by atoms with Gasteiger partial charge >= 0.3 is 0 Å². The second-order valence-electron chi connectivity index (χ2n) is 6.23. The summed E-state index contributed by atoms with van der Waals surface area (Å²) in [5, 5.41) is 0.